The van der Waals surface area contributed by atoms with Gasteiger partial charge in [0, 0.05) is 11.3 Å². The van der Waals surface area contributed by atoms with E-state index in [4.69, 9.17) is 0 Å². The van der Waals surface area contributed by atoms with Crippen molar-refractivity contribution in [1.29, 1.82) is 0 Å². The zero-order valence-corrected chi connectivity index (χ0v) is 14.4. The molecule has 2 aromatic heterocycles. The molecule has 25 heavy (non-hydrogen) atoms. The van der Waals surface area contributed by atoms with Gasteiger partial charge < -0.3 is 5.32 Å². The maximum Gasteiger partial charge on any atom is 0.227 e. The Balaban J connectivity index is 1.62. The van der Waals surface area contributed by atoms with Crippen LogP contribution in [0.25, 0.3) is 16.7 Å². The van der Waals surface area contributed by atoms with Gasteiger partial charge in [-0.1, -0.05) is 37.5 Å². The molecule has 1 aromatic carbocycles. The summed E-state index contributed by atoms with van der Waals surface area (Å²) >= 11 is 0. The molecule has 0 radical (unpaired) electrons. The van der Waals surface area contributed by atoms with Crippen molar-refractivity contribution >= 4 is 22.6 Å². The summed E-state index contributed by atoms with van der Waals surface area (Å²) < 4.78 is 1.84. The fourth-order valence-corrected chi connectivity index (χ4v) is 3.57. The summed E-state index contributed by atoms with van der Waals surface area (Å²) in [5.74, 6) is 0.256. The lowest BCUT2D eigenvalue weighted by molar-refractivity contribution is -0.120. The number of amides is 1. The number of aryl methyl sites for hydroxylation is 1. The lowest BCUT2D eigenvalue weighted by Gasteiger charge is -2.20. The van der Waals surface area contributed by atoms with Gasteiger partial charge in [0.15, 0.2) is 5.65 Å². The lowest BCUT2D eigenvalue weighted by Crippen LogP contribution is -2.24. The molecule has 2 heterocycles. The molecule has 1 aliphatic carbocycles. The van der Waals surface area contributed by atoms with E-state index >= 15 is 0 Å². The first-order valence-corrected chi connectivity index (χ1v) is 8.94. The number of nitrogens with zero attached hydrogens (tertiary/aromatic N) is 3. The first kappa shape index (κ1) is 15.8. The summed E-state index contributed by atoms with van der Waals surface area (Å²) in [5, 5.41) is 8.62. The standard InChI is InChI=1S/C20H22N4O/c1-14-18-12-16(22-20(25)15-8-4-2-5-9-15)13-21-19(18)24(23-14)17-10-6-3-7-11-17/h3,6-7,10-13,15H,2,4-5,8-9H2,1H3,(H,22,25). The molecule has 1 saturated carbocycles. The molecule has 0 atom stereocenters. The summed E-state index contributed by atoms with van der Waals surface area (Å²) in [7, 11) is 0. The van der Waals surface area contributed by atoms with E-state index in [1.54, 1.807) is 6.20 Å². The average Bonchev–Trinajstić information content (AvgIpc) is 2.99. The van der Waals surface area contributed by atoms with E-state index < -0.39 is 0 Å². The van der Waals surface area contributed by atoms with Gasteiger partial charge in [-0.05, 0) is 38.0 Å². The van der Waals surface area contributed by atoms with E-state index in [-0.39, 0.29) is 11.8 Å². The zero-order chi connectivity index (χ0) is 17.2. The SMILES string of the molecule is Cc1nn(-c2ccccc2)c2ncc(NC(=O)C3CCCCC3)cc12. The van der Waals surface area contributed by atoms with Crippen molar-refractivity contribution < 1.29 is 4.79 Å². The minimum absolute atomic E-state index is 0.119. The Hall–Kier alpha value is -2.69. The molecular weight excluding hydrogens is 312 g/mol. The second-order valence-corrected chi connectivity index (χ2v) is 6.75. The summed E-state index contributed by atoms with van der Waals surface area (Å²) in [5.41, 5.74) is 3.44. The van der Waals surface area contributed by atoms with Gasteiger partial charge in [-0.15, -0.1) is 0 Å². The molecule has 0 unspecified atom stereocenters. The van der Waals surface area contributed by atoms with Gasteiger partial charge in [-0.3, -0.25) is 4.79 Å². The van der Waals surface area contributed by atoms with Gasteiger partial charge in [0.2, 0.25) is 5.91 Å². The van der Waals surface area contributed by atoms with Crippen LogP contribution in [0.2, 0.25) is 0 Å². The largest absolute Gasteiger partial charge is 0.324 e. The van der Waals surface area contributed by atoms with E-state index in [1.807, 2.05) is 48.0 Å². The van der Waals surface area contributed by atoms with E-state index in [9.17, 15) is 4.79 Å². The molecule has 0 saturated heterocycles. The number of aromatic nitrogens is 3. The topological polar surface area (TPSA) is 59.8 Å². The number of anilines is 1. The second kappa shape index (κ2) is 6.67. The number of nitrogens with one attached hydrogen (secondary N) is 1. The molecule has 128 valence electrons. The molecule has 1 fully saturated rings. The average molecular weight is 334 g/mol. The van der Waals surface area contributed by atoms with Crippen LogP contribution < -0.4 is 5.32 Å². The fraction of sp³-hybridized carbons (Fsp3) is 0.350. The van der Waals surface area contributed by atoms with Gasteiger partial charge in [0.1, 0.15) is 0 Å². The van der Waals surface area contributed by atoms with Gasteiger partial charge in [0.25, 0.3) is 0 Å². The van der Waals surface area contributed by atoms with Crippen LogP contribution in [-0.4, -0.2) is 20.7 Å². The Kier molecular flexibility index (Phi) is 4.22. The summed E-state index contributed by atoms with van der Waals surface area (Å²) in [4.78, 5) is 17.0. The monoisotopic (exact) mass is 334 g/mol. The normalized spacial score (nSPS) is 15.4. The molecule has 4 rings (SSSR count). The molecule has 1 aliphatic rings. The number of hydrogen-bond acceptors (Lipinski definition) is 3. The third-order valence-corrected chi connectivity index (χ3v) is 4.95. The van der Waals surface area contributed by atoms with Gasteiger partial charge >= 0.3 is 0 Å². The highest BCUT2D eigenvalue weighted by Crippen LogP contribution is 2.26. The maximum atomic E-state index is 12.5. The Bertz CT molecular complexity index is 895. The van der Waals surface area contributed by atoms with Crippen LogP contribution in [0.4, 0.5) is 5.69 Å². The number of carbonyl (C=O) groups excluding carboxylic acids is 1. The van der Waals surface area contributed by atoms with E-state index in [1.165, 1.54) is 6.42 Å². The highest BCUT2D eigenvalue weighted by Gasteiger charge is 2.21. The fourth-order valence-electron chi connectivity index (χ4n) is 3.57. The van der Waals surface area contributed by atoms with Gasteiger partial charge in [-0.2, -0.15) is 5.10 Å². The van der Waals surface area contributed by atoms with Crippen LogP contribution >= 0.6 is 0 Å². The highest BCUT2D eigenvalue weighted by molar-refractivity contribution is 5.94. The Labute approximate surface area is 147 Å². The van der Waals surface area contributed by atoms with Crippen molar-refractivity contribution in [2.75, 3.05) is 5.32 Å². The number of benzene rings is 1. The molecule has 5 heteroatoms. The van der Waals surface area contributed by atoms with E-state index in [2.05, 4.69) is 15.4 Å². The zero-order valence-electron chi connectivity index (χ0n) is 14.4. The Morgan fingerprint density at radius 3 is 2.68 bits per heavy atom. The lowest BCUT2D eigenvalue weighted by atomic mass is 9.88. The first-order chi connectivity index (χ1) is 12.2. The number of fused-ring (bicyclic) bond motifs is 1. The predicted molar refractivity (Wildman–Crippen MR) is 98.8 cm³/mol. The summed E-state index contributed by atoms with van der Waals surface area (Å²) in [6.45, 7) is 1.97. The molecule has 1 N–H and O–H groups in total. The van der Waals surface area contributed by atoms with Gasteiger partial charge in [0.05, 0.1) is 23.3 Å². The predicted octanol–water partition coefficient (Wildman–Crippen LogP) is 4.25. The van der Waals surface area contributed by atoms with Crippen LogP contribution in [0.1, 0.15) is 37.8 Å². The molecule has 5 nitrogen and oxygen atoms in total. The number of pyridine rings is 1. The van der Waals surface area contributed by atoms with Crippen molar-refractivity contribution in [2.45, 2.75) is 39.0 Å². The summed E-state index contributed by atoms with van der Waals surface area (Å²) in [6, 6.07) is 11.9. The minimum Gasteiger partial charge on any atom is -0.324 e. The summed E-state index contributed by atoms with van der Waals surface area (Å²) in [6.07, 6.45) is 7.26. The van der Waals surface area contributed by atoms with Crippen molar-refractivity contribution in [3.8, 4) is 5.69 Å². The van der Waals surface area contributed by atoms with Crippen LogP contribution in [0.3, 0.4) is 0 Å². The number of hydrogen-bond donors (Lipinski definition) is 1. The molecular formula is C20H22N4O. The van der Waals surface area contributed by atoms with Crippen LogP contribution in [0.15, 0.2) is 42.6 Å². The van der Waals surface area contributed by atoms with Crippen molar-refractivity contribution in [1.82, 2.24) is 14.8 Å². The molecule has 0 aliphatic heterocycles. The highest BCUT2D eigenvalue weighted by atomic mass is 16.1. The smallest absolute Gasteiger partial charge is 0.227 e. The molecule has 0 spiro atoms. The van der Waals surface area contributed by atoms with E-state index in [0.717, 1.165) is 53.8 Å². The van der Waals surface area contributed by atoms with Gasteiger partial charge in [-0.25, -0.2) is 9.67 Å². The van der Waals surface area contributed by atoms with E-state index in [0.29, 0.717) is 0 Å². The first-order valence-electron chi connectivity index (χ1n) is 8.94. The second-order valence-electron chi connectivity index (χ2n) is 6.75. The Morgan fingerprint density at radius 1 is 1.16 bits per heavy atom. The van der Waals surface area contributed by atoms with Crippen molar-refractivity contribution in [3.63, 3.8) is 0 Å². The maximum absolute atomic E-state index is 12.5. The molecule has 1 amide bonds. The quantitative estimate of drug-likeness (QED) is 0.779. The Morgan fingerprint density at radius 2 is 1.92 bits per heavy atom. The molecule has 3 aromatic rings. The number of para-hydroxylation sites is 1. The minimum atomic E-state index is 0.119. The van der Waals surface area contributed by atoms with Crippen LogP contribution in [0.5, 0.6) is 0 Å². The number of carbonyl (C=O) groups is 1. The van der Waals surface area contributed by atoms with Crippen molar-refractivity contribution in [3.05, 3.63) is 48.3 Å². The third-order valence-electron chi connectivity index (χ3n) is 4.95. The third kappa shape index (κ3) is 3.14. The van der Waals surface area contributed by atoms with Crippen molar-refractivity contribution in [2.24, 2.45) is 5.92 Å². The van der Waals surface area contributed by atoms with Crippen LogP contribution in [0, 0.1) is 12.8 Å². The molecule has 0 bridgehead atoms. The van der Waals surface area contributed by atoms with Crippen LogP contribution in [-0.2, 0) is 4.79 Å². The number of rotatable bonds is 3.